The first-order chi connectivity index (χ1) is 11.1. The minimum Gasteiger partial charge on any atom is -0.473 e. The number of aliphatic imine (C=N–C) groups is 1. The predicted molar refractivity (Wildman–Crippen MR) is 93.5 cm³/mol. The Morgan fingerprint density at radius 1 is 1.00 bits per heavy atom. The highest BCUT2D eigenvalue weighted by Crippen LogP contribution is 2.13. The molecule has 2 rings (SSSR count). The maximum absolute atomic E-state index is 5.75. The van der Waals surface area contributed by atoms with Crippen LogP contribution in [-0.4, -0.2) is 48.9 Å². The largest absolute Gasteiger partial charge is 0.473 e. The van der Waals surface area contributed by atoms with Gasteiger partial charge < -0.3 is 14.5 Å². The van der Waals surface area contributed by atoms with Gasteiger partial charge in [-0.3, -0.25) is 0 Å². The molecule has 0 fully saturated rings. The van der Waals surface area contributed by atoms with E-state index >= 15 is 0 Å². The van der Waals surface area contributed by atoms with Crippen LogP contribution in [0.1, 0.15) is 11.1 Å². The number of nitrogens with zero attached hydrogens (tertiary/aromatic N) is 4. The zero-order valence-electron chi connectivity index (χ0n) is 14.2. The van der Waals surface area contributed by atoms with Gasteiger partial charge >= 0.3 is 0 Å². The van der Waals surface area contributed by atoms with Gasteiger partial charge in [0.1, 0.15) is 6.61 Å². The SMILES string of the molecule is CN(C)C(=NCc1ccnc(OCc2ccccc2)c1)N(C)C. The highest BCUT2D eigenvalue weighted by molar-refractivity contribution is 5.79. The monoisotopic (exact) mass is 312 g/mol. The van der Waals surface area contributed by atoms with Crippen LogP contribution in [0.3, 0.4) is 0 Å². The first-order valence-corrected chi connectivity index (χ1v) is 7.57. The number of pyridine rings is 1. The van der Waals surface area contributed by atoms with E-state index in [0.717, 1.165) is 17.1 Å². The summed E-state index contributed by atoms with van der Waals surface area (Å²) < 4.78 is 5.75. The van der Waals surface area contributed by atoms with Gasteiger partial charge in [-0.15, -0.1) is 0 Å². The van der Waals surface area contributed by atoms with Gasteiger partial charge in [0.15, 0.2) is 5.96 Å². The van der Waals surface area contributed by atoms with Crippen LogP contribution in [0, 0.1) is 0 Å². The summed E-state index contributed by atoms with van der Waals surface area (Å²) >= 11 is 0. The Balaban J connectivity index is 2.00. The van der Waals surface area contributed by atoms with Gasteiger partial charge in [-0.1, -0.05) is 30.3 Å². The zero-order valence-corrected chi connectivity index (χ0v) is 14.2. The molecule has 0 aliphatic heterocycles. The molecule has 0 saturated heterocycles. The summed E-state index contributed by atoms with van der Waals surface area (Å²) in [6.45, 7) is 1.11. The van der Waals surface area contributed by atoms with Crippen LogP contribution in [0.15, 0.2) is 53.7 Å². The third-order valence-corrected chi connectivity index (χ3v) is 3.23. The lowest BCUT2D eigenvalue weighted by Crippen LogP contribution is -2.35. The molecule has 0 spiro atoms. The molecule has 23 heavy (non-hydrogen) atoms. The van der Waals surface area contributed by atoms with E-state index in [1.165, 1.54) is 0 Å². The molecule has 0 aliphatic carbocycles. The first-order valence-electron chi connectivity index (χ1n) is 7.57. The molecule has 1 aromatic carbocycles. The van der Waals surface area contributed by atoms with Gasteiger partial charge in [0.05, 0.1) is 6.54 Å². The fourth-order valence-electron chi connectivity index (χ4n) is 2.20. The Morgan fingerprint density at radius 3 is 2.35 bits per heavy atom. The molecule has 0 radical (unpaired) electrons. The van der Waals surface area contributed by atoms with E-state index < -0.39 is 0 Å². The van der Waals surface area contributed by atoms with Crippen molar-refractivity contribution in [2.75, 3.05) is 28.2 Å². The van der Waals surface area contributed by atoms with E-state index in [4.69, 9.17) is 4.74 Å². The second-order valence-corrected chi connectivity index (χ2v) is 5.68. The van der Waals surface area contributed by atoms with Crippen molar-refractivity contribution in [3.8, 4) is 5.88 Å². The van der Waals surface area contributed by atoms with Crippen LogP contribution in [-0.2, 0) is 13.2 Å². The van der Waals surface area contributed by atoms with Crippen molar-refractivity contribution in [2.45, 2.75) is 13.2 Å². The fraction of sp³-hybridized carbons (Fsp3) is 0.333. The zero-order chi connectivity index (χ0) is 16.7. The molecule has 0 unspecified atom stereocenters. The van der Waals surface area contributed by atoms with Crippen molar-refractivity contribution >= 4 is 5.96 Å². The Labute approximate surface area is 138 Å². The third kappa shape index (κ3) is 5.29. The Bertz CT molecular complexity index is 628. The van der Waals surface area contributed by atoms with Gasteiger partial charge in [-0.2, -0.15) is 0 Å². The molecular weight excluding hydrogens is 288 g/mol. The number of benzene rings is 1. The van der Waals surface area contributed by atoms with Gasteiger partial charge in [-0.25, -0.2) is 9.98 Å². The maximum atomic E-state index is 5.75. The number of rotatable bonds is 5. The standard InChI is InChI=1S/C18H24N4O/c1-21(2)18(22(3)4)20-13-16-10-11-19-17(12-16)23-14-15-8-6-5-7-9-15/h5-12H,13-14H2,1-4H3. The second-order valence-electron chi connectivity index (χ2n) is 5.68. The summed E-state index contributed by atoms with van der Waals surface area (Å²) in [5, 5.41) is 0. The van der Waals surface area contributed by atoms with Crippen LogP contribution in [0.5, 0.6) is 5.88 Å². The number of hydrogen-bond donors (Lipinski definition) is 0. The summed E-state index contributed by atoms with van der Waals surface area (Å²) in [6, 6.07) is 14.0. The molecule has 5 nitrogen and oxygen atoms in total. The summed E-state index contributed by atoms with van der Waals surface area (Å²) in [5.74, 6) is 1.55. The molecule has 0 bridgehead atoms. The summed E-state index contributed by atoms with van der Waals surface area (Å²) in [7, 11) is 7.94. The van der Waals surface area contributed by atoms with E-state index in [0.29, 0.717) is 19.0 Å². The van der Waals surface area contributed by atoms with Crippen LogP contribution in [0.4, 0.5) is 0 Å². The van der Waals surface area contributed by atoms with Crippen molar-refractivity contribution in [2.24, 2.45) is 4.99 Å². The molecular formula is C18H24N4O. The van der Waals surface area contributed by atoms with Crippen LogP contribution >= 0.6 is 0 Å². The van der Waals surface area contributed by atoms with Gasteiger partial charge in [0, 0.05) is 40.5 Å². The van der Waals surface area contributed by atoms with Gasteiger partial charge in [0.25, 0.3) is 0 Å². The van der Waals surface area contributed by atoms with E-state index in [1.54, 1.807) is 6.20 Å². The molecule has 0 N–H and O–H groups in total. The van der Waals surface area contributed by atoms with Crippen LogP contribution < -0.4 is 4.74 Å². The van der Waals surface area contributed by atoms with E-state index in [9.17, 15) is 0 Å². The van der Waals surface area contributed by atoms with Crippen LogP contribution in [0.2, 0.25) is 0 Å². The fourth-order valence-corrected chi connectivity index (χ4v) is 2.20. The third-order valence-electron chi connectivity index (χ3n) is 3.23. The van der Waals surface area contributed by atoms with Crippen molar-refractivity contribution in [3.63, 3.8) is 0 Å². The normalized spacial score (nSPS) is 10.1. The average Bonchev–Trinajstić information content (AvgIpc) is 2.54. The highest BCUT2D eigenvalue weighted by Gasteiger charge is 2.05. The lowest BCUT2D eigenvalue weighted by molar-refractivity contribution is 0.293. The highest BCUT2D eigenvalue weighted by atomic mass is 16.5. The van der Waals surface area contributed by atoms with Crippen molar-refractivity contribution < 1.29 is 4.74 Å². The topological polar surface area (TPSA) is 41.0 Å². The first kappa shape index (κ1) is 16.8. The minimum absolute atomic E-state index is 0.515. The Morgan fingerprint density at radius 2 is 1.70 bits per heavy atom. The number of aromatic nitrogens is 1. The van der Waals surface area contributed by atoms with Crippen molar-refractivity contribution in [1.29, 1.82) is 0 Å². The van der Waals surface area contributed by atoms with Crippen molar-refractivity contribution in [3.05, 3.63) is 59.8 Å². The summed E-state index contributed by atoms with van der Waals surface area (Å²) in [6.07, 6.45) is 1.76. The second kappa shape index (κ2) is 8.17. The average molecular weight is 312 g/mol. The molecule has 0 amide bonds. The van der Waals surface area contributed by atoms with E-state index in [2.05, 4.69) is 9.98 Å². The molecule has 2 aromatic rings. The number of hydrogen-bond acceptors (Lipinski definition) is 3. The van der Waals surface area contributed by atoms with E-state index in [1.807, 2.05) is 80.5 Å². The number of ether oxygens (including phenoxy) is 1. The molecule has 0 saturated carbocycles. The Hall–Kier alpha value is -2.56. The Kier molecular flexibility index (Phi) is 5.97. The molecule has 1 heterocycles. The molecule has 5 heteroatoms. The lowest BCUT2D eigenvalue weighted by Gasteiger charge is -2.22. The van der Waals surface area contributed by atoms with Gasteiger partial charge in [0.2, 0.25) is 5.88 Å². The van der Waals surface area contributed by atoms with Crippen molar-refractivity contribution in [1.82, 2.24) is 14.8 Å². The molecule has 0 atom stereocenters. The quantitative estimate of drug-likeness (QED) is 0.629. The van der Waals surface area contributed by atoms with E-state index in [-0.39, 0.29) is 0 Å². The van der Waals surface area contributed by atoms with Crippen LogP contribution in [0.25, 0.3) is 0 Å². The molecule has 0 aliphatic rings. The minimum atomic E-state index is 0.515. The molecule has 122 valence electrons. The lowest BCUT2D eigenvalue weighted by atomic mass is 10.2. The molecule has 1 aromatic heterocycles. The summed E-state index contributed by atoms with van der Waals surface area (Å²) in [4.78, 5) is 12.9. The number of guanidine groups is 1. The maximum Gasteiger partial charge on any atom is 0.213 e. The smallest absolute Gasteiger partial charge is 0.213 e. The summed E-state index contributed by atoms with van der Waals surface area (Å²) in [5.41, 5.74) is 2.20. The van der Waals surface area contributed by atoms with Gasteiger partial charge in [-0.05, 0) is 17.2 Å². The predicted octanol–water partition coefficient (Wildman–Crippen LogP) is 2.64.